The molecule has 0 spiro atoms. The van der Waals surface area contributed by atoms with Crippen LogP contribution in [0.25, 0.3) is 0 Å². The van der Waals surface area contributed by atoms with Crippen molar-refractivity contribution in [2.75, 3.05) is 13.2 Å². The van der Waals surface area contributed by atoms with E-state index in [1.807, 2.05) is 13.8 Å². The summed E-state index contributed by atoms with van der Waals surface area (Å²) in [5, 5.41) is 3.15. The first-order chi connectivity index (χ1) is 8.97. The zero-order chi connectivity index (χ0) is 14.4. The number of hydrogen-bond acceptors (Lipinski definition) is 2. The number of halogens is 4. The first-order valence-corrected chi connectivity index (χ1v) is 6.16. The van der Waals surface area contributed by atoms with E-state index in [9.17, 15) is 17.6 Å². The van der Waals surface area contributed by atoms with Crippen LogP contribution in [0.4, 0.5) is 17.6 Å². The second-order valence-electron chi connectivity index (χ2n) is 4.29. The fraction of sp³-hybridized carbons (Fsp3) is 0.538. The molecule has 108 valence electrons. The maximum atomic E-state index is 13.2. The van der Waals surface area contributed by atoms with Crippen LogP contribution < -0.4 is 10.1 Å². The van der Waals surface area contributed by atoms with Crippen molar-refractivity contribution in [1.29, 1.82) is 0 Å². The third kappa shape index (κ3) is 4.38. The average Bonchev–Trinajstić information content (AvgIpc) is 2.38. The Balaban J connectivity index is 2.58. The lowest BCUT2D eigenvalue weighted by molar-refractivity contribution is 0.254. The van der Waals surface area contributed by atoms with Crippen LogP contribution in [-0.4, -0.2) is 19.2 Å². The van der Waals surface area contributed by atoms with Crippen molar-refractivity contribution in [1.82, 2.24) is 5.32 Å². The minimum Gasteiger partial charge on any atom is -0.487 e. The van der Waals surface area contributed by atoms with Crippen LogP contribution >= 0.6 is 0 Å². The molecule has 1 unspecified atom stereocenters. The van der Waals surface area contributed by atoms with Crippen LogP contribution in [0.5, 0.6) is 5.75 Å². The van der Waals surface area contributed by atoms with Crippen LogP contribution in [0.2, 0.25) is 0 Å². The van der Waals surface area contributed by atoms with E-state index in [-0.39, 0.29) is 18.7 Å². The van der Waals surface area contributed by atoms with Gasteiger partial charge in [0.25, 0.3) is 0 Å². The smallest absolute Gasteiger partial charge is 0.203 e. The summed E-state index contributed by atoms with van der Waals surface area (Å²) in [6, 6.07) is 0.243. The summed E-state index contributed by atoms with van der Waals surface area (Å²) in [5.41, 5.74) is 0. The molecule has 1 aromatic rings. The summed E-state index contributed by atoms with van der Waals surface area (Å²) < 4.78 is 57.1. The number of hydrogen-bond donors (Lipinski definition) is 1. The molecule has 0 saturated carbocycles. The Bertz CT molecular complexity index is 399. The summed E-state index contributed by atoms with van der Waals surface area (Å²) in [6.45, 7) is 4.68. The topological polar surface area (TPSA) is 21.3 Å². The Morgan fingerprint density at radius 3 is 2.26 bits per heavy atom. The highest BCUT2D eigenvalue weighted by Gasteiger charge is 2.20. The standard InChI is InChI=1S/C13H17F4NO/c1-3-5-18-8(2)4-6-19-13-11(16)9(14)7-10(15)12(13)17/h7-8,18H,3-6H2,1-2H3. The Hall–Kier alpha value is -1.30. The summed E-state index contributed by atoms with van der Waals surface area (Å²) in [7, 11) is 0. The molecule has 0 aliphatic carbocycles. The van der Waals surface area contributed by atoms with Crippen LogP contribution in [0, 0.1) is 23.3 Å². The number of rotatable bonds is 7. The molecule has 1 aromatic carbocycles. The molecule has 0 aliphatic heterocycles. The van der Waals surface area contributed by atoms with Crippen molar-refractivity contribution in [3.05, 3.63) is 29.3 Å². The summed E-state index contributed by atoms with van der Waals surface area (Å²) in [4.78, 5) is 0. The minimum atomic E-state index is -1.51. The van der Waals surface area contributed by atoms with Gasteiger partial charge in [0.2, 0.25) is 11.6 Å². The van der Waals surface area contributed by atoms with Crippen molar-refractivity contribution in [2.24, 2.45) is 0 Å². The largest absolute Gasteiger partial charge is 0.487 e. The van der Waals surface area contributed by atoms with Crippen molar-refractivity contribution in [3.63, 3.8) is 0 Å². The molecule has 0 amide bonds. The molecular formula is C13H17F4NO. The van der Waals surface area contributed by atoms with Gasteiger partial charge in [0.1, 0.15) is 0 Å². The van der Waals surface area contributed by atoms with Gasteiger partial charge < -0.3 is 10.1 Å². The lowest BCUT2D eigenvalue weighted by atomic mass is 10.2. The van der Waals surface area contributed by atoms with Gasteiger partial charge in [-0.05, 0) is 26.3 Å². The predicted octanol–water partition coefficient (Wildman–Crippen LogP) is 3.40. The highest BCUT2D eigenvalue weighted by Crippen LogP contribution is 2.26. The van der Waals surface area contributed by atoms with Gasteiger partial charge in [-0.15, -0.1) is 0 Å². The van der Waals surface area contributed by atoms with Gasteiger partial charge in [-0.25, -0.2) is 8.78 Å². The molecule has 19 heavy (non-hydrogen) atoms. The number of benzene rings is 1. The lowest BCUT2D eigenvalue weighted by Gasteiger charge is -2.14. The van der Waals surface area contributed by atoms with E-state index < -0.39 is 29.0 Å². The number of nitrogens with one attached hydrogen (secondary N) is 1. The fourth-order valence-corrected chi connectivity index (χ4v) is 1.51. The highest BCUT2D eigenvalue weighted by atomic mass is 19.2. The second kappa shape index (κ2) is 7.33. The van der Waals surface area contributed by atoms with Crippen LogP contribution in [-0.2, 0) is 0 Å². The van der Waals surface area contributed by atoms with Crippen molar-refractivity contribution < 1.29 is 22.3 Å². The molecule has 0 radical (unpaired) electrons. The third-order valence-corrected chi connectivity index (χ3v) is 2.61. The van der Waals surface area contributed by atoms with Crippen LogP contribution in [0.3, 0.4) is 0 Å². The molecular weight excluding hydrogens is 262 g/mol. The van der Waals surface area contributed by atoms with Gasteiger partial charge in [0.15, 0.2) is 17.4 Å². The second-order valence-corrected chi connectivity index (χ2v) is 4.29. The van der Waals surface area contributed by atoms with Gasteiger partial charge in [-0.1, -0.05) is 6.92 Å². The Morgan fingerprint density at radius 1 is 1.16 bits per heavy atom. The van der Waals surface area contributed by atoms with E-state index in [4.69, 9.17) is 4.74 Å². The normalized spacial score (nSPS) is 12.5. The molecule has 0 aliphatic rings. The van der Waals surface area contributed by atoms with Crippen LogP contribution in [0.15, 0.2) is 6.07 Å². The molecule has 0 bridgehead atoms. The van der Waals surface area contributed by atoms with Gasteiger partial charge >= 0.3 is 0 Å². The van der Waals surface area contributed by atoms with Crippen molar-refractivity contribution in [2.45, 2.75) is 32.7 Å². The van der Waals surface area contributed by atoms with Gasteiger partial charge in [0, 0.05) is 12.1 Å². The van der Waals surface area contributed by atoms with E-state index in [1.165, 1.54) is 0 Å². The predicted molar refractivity (Wildman–Crippen MR) is 64.1 cm³/mol. The van der Waals surface area contributed by atoms with E-state index in [1.54, 1.807) is 0 Å². The SMILES string of the molecule is CCCNC(C)CCOc1c(F)c(F)cc(F)c1F. The zero-order valence-electron chi connectivity index (χ0n) is 10.9. The zero-order valence-corrected chi connectivity index (χ0v) is 10.9. The molecule has 0 fully saturated rings. The Labute approximate surface area is 109 Å². The van der Waals surface area contributed by atoms with Gasteiger partial charge in [-0.2, -0.15) is 8.78 Å². The lowest BCUT2D eigenvalue weighted by Crippen LogP contribution is -2.28. The van der Waals surface area contributed by atoms with E-state index in [0.29, 0.717) is 6.42 Å². The Kier molecular flexibility index (Phi) is 6.08. The first kappa shape index (κ1) is 15.8. The third-order valence-electron chi connectivity index (χ3n) is 2.61. The first-order valence-electron chi connectivity index (χ1n) is 6.16. The quantitative estimate of drug-likeness (QED) is 0.610. The number of ether oxygens (including phenoxy) is 1. The van der Waals surface area contributed by atoms with Gasteiger partial charge in [0.05, 0.1) is 6.61 Å². The molecule has 2 nitrogen and oxygen atoms in total. The monoisotopic (exact) mass is 279 g/mol. The van der Waals surface area contributed by atoms with E-state index in [0.717, 1.165) is 13.0 Å². The molecule has 0 heterocycles. The van der Waals surface area contributed by atoms with Crippen molar-refractivity contribution in [3.8, 4) is 5.75 Å². The minimum absolute atomic E-state index is 0.0331. The van der Waals surface area contributed by atoms with Crippen LogP contribution in [0.1, 0.15) is 26.7 Å². The summed E-state index contributed by atoms with van der Waals surface area (Å²) >= 11 is 0. The van der Waals surface area contributed by atoms with Crippen molar-refractivity contribution >= 4 is 0 Å². The average molecular weight is 279 g/mol. The molecule has 6 heteroatoms. The maximum absolute atomic E-state index is 13.2. The molecule has 1 rings (SSSR count). The van der Waals surface area contributed by atoms with Gasteiger partial charge in [-0.3, -0.25) is 0 Å². The maximum Gasteiger partial charge on any atom is 0.203 e. The highest BCUT2D eigenvalue weighted by molar-refractivity contribution is 5.28. The fourth-order valence-electron chi connectivity index (χ4n) is 1.51. The molecule has 1 atom stereocenters. The molecule has 0 saturated heterocycles. The van der Waals surface area contributed by atoms with E-state index >= 15 is 0 Å². The Morgan fingerprint density at radius 2 is 1.74 bits per heavy atom. The molecule has 0 aromatic heterocycles. The summed E-state index contributed by atoms with van der Waals surface area (Å²) in [6.07, 6.45) is 1.43. The van der Waals surface area contributed by atoms with E-state index in [2.05, 4.69) is 5.32 Å². The molecule has 1 N–H and O–H groups in total. The summed E-state index contributed by atoms with van der Waals surface area (Å²) in [5.74, 6) is -6.95.